The van der Waals surface area contributed by atoms with Gasteiger partial charge in [0.25, 0.3) is 5.78 Å². The summed E-state index contributed by atoms with van der Waals surface area (Å²) >= 11 is 0. The van der Waals surface area contributed by atoms with Crippen LogP contribution in [0, 0.1) is 0 Å². The summed E-state index contributed by atoms with van der Waals surface area (Å²) in [6.45, 7) is 1.24. The fourth-order valence-electron chi connectivity index (χ4n) is 0.700. The summed E-state index contributed by atoms with van der Waals surface area (Å²) in [5.74, 6) is -0.820. The largest absolute Gasteiger partial charge is 0.465 e. The van der Waals surface area contributed by atoms with Gasteiger partial charge in [0, 0.05) is 0 Å². The molecule has 0 aliphatic carbocycles. The summed E-state index contributed by atoms with van der Waals surface area (Å²) in [4.78, 5) is 23.5. The fraction of sp³-hybridized carbons (Fsp3) is 0.500. The molecule has 0 fully saturated rings. The van der Waals surface area contributed by atoms with E-state index < -0.39 is 24.0 Å². The quantitative estimate of drug-likeness (QED) is 0.292. The molecule has 0 aromatic rings. The molecule has 0 saturated carbocycles. The molecule has 3 N–H and O–H groups in total. The second kappa shape index (κ2) is 5.02. The predicted octanol–water partition coefficient (Wildman–Crippen LogP) is -1.13. The Morgan fingerprint density at radius 2 is 2.15 bits per heavy atom. The van der Waals surface area contributed by atoms with E-state index in [0.29, 0.717) is 6.21 Å². The number of carbonyl (C=O) groups excluding carboxylic acids is 1. The molecule has 1 amide bonds. The monoisotopic (exact) mass is 187 g/mol. The van der Waals surface area contributed by atoms with Crippen LogP contribution in [0.3, 0.4) is 0 Å². The highest BCUT2D eigenvalue weighted by Crippen LogP contribution is 1.92. The molecule has 7 nitrogen and oxygen atoms in total. The summed E-state index contributed by atoms with van der Waals surface area (Å²) in [6, 6.07) is -1.31. The van der Waals surface area contributed by atoms with E-state index in [0.717, 1.165) is 0 Å². The van der Waals surface area contributed by atoms with Gasteiger partial charge in [0.05, 0.1) is 6.10 Å². The first-order valence-corrected chi connectivity index (χ1v) is 3.37. The average Bonchev–Trinajstić information content (AvgIpc) is 1.99. The highest BCUT2D eigenvalue weighted by Gasteiger charge is 2.26. The van der Waals surface area contributed by atoms with Gasteiger partial charge >= 0.3 is 12.3 Å². The molecule has 0 radical (unpaired) electrons. The first-order chi connectivity index (χ1) is 5.99. The fourth-order valence-corrected chi connectivity index (χ4v) is 0.700. The topological polar surface area (TPSA) is 123 Å². The van der Waals surface area contributed by atoms with Crippen LogP contribution in [-0.4, -0.2) is 45.2 Å². The first kappa shape index (κ1) is 11.3. The maximum absolute atomic E-state index is 10.9. The van der Waals surface area contributed by atoms with Gasteiger partial charge in [-0.1, -0.05) is 0 Å². The molecule has 0 bridgehead atoms. The van der Waals surface area contributed by atoms with Gasteiger partial charge < -0.3 is 21.1 Å². The standard InChI is InChI=1S/C6H9N3O4/c1-3(10)5(9-6(12)13)4(11)2-8-7/h2-3,5,9-10H,1H3,(H,12,13)/t3-,5+/m0/s1. The minimum atomic E-state index is -1.44. The van der Waals surface area contributed by atoms with Crippen molar-refractivity contribution in [2.75, 3.05) is 0 Å². The predicted molar refractivity (Wildman–Crippen MR) is 41.3 cm³/mol. The van der Waals surface area contributed by atoms with Crippen LogP contribution >= 0.6 is 0 Å². The van der Waals surface area contributed by atoms with Crippen molar-refractivity contribution in [2.24, 2.45) is 0 Å². The third-order valence-electron chi connectivity index (χ3n) is 1.25. The summed E-state index contributed by atoms with van der Waals surface area (Å²) in [7, 11) is 0. The molecule has 0 aliphatic rings. The Labute approximate surface area is 73.6 Å². The first-order valence-electron chi connectivity index (χ1n) is 3.37. The number of nitrogens with zero attached hydrogens (tertiary/aromatic N) is 2. The lowest BCUT2D eigenvalue weighted by atomic mass is 10.1. The molecule has 0 spiro atoms. The van der Waals surface area contributed by atoms with Crippen LogP contribution in [0.15, 0.2) is 0 Å². The highest BCUT2D eigenvalue weighted by atomic mass is 16.4. The average molecular weight is 187 g/mol. The van der Waals surface area contributed by atoms with E-state index in [-0.39, 0.29) is 0 Å². The van der Waals surface area contributed by atoms with Crippen LogP contribution in [0.25, 0.3) is 5.53 Å². The van der Waals surface area contributed by atoms with Crippen molar-refractivity contribution in [2.45, 2.75) is 19.1 Å². The molecule has 0 saturated heterocycles. The Hall–Kier alpha value is -1.72. The number of hydrogen-bond acceptors (Lipinski definition) is 3. The summed E-state index contributed by atoms with van der Waals surface area (Å²) in [5, 5.41) is 19.0. The zero-order valence-electron chi connectivity index (χ0n) is 6.84. The SMILES string of the molecule is C[C@H](O)[C@@H](NC(=O)O)C(=O)C=[N+]=[N-]. The third-order valence-corrected chi connectivity index (χ3v) is 1.25. The van der Waals surface area contributed by atoms with Gasteiger partial charge in [-0.25, -0.2) is 4.79 Å². The van der Waals surface area contributed by atoms with Gasteiger partial charge in [0.15, 0.2) is 0 Å². The molecule has 72 valence electrons. The number of nitrogens with one attached hydrogen (secondary N) is 1. The molecule has 7 heteroatoms. The number of ketones is 1. The number of aliphatic hydroxyl groups excluding tert-OH is 1. The zero-order chi connectivity index (χ0) is 10.4. The molecule has 2 atom stereocenters. The van der Waals surface area contributed by atoms with Gasteiger partial charge in [-0.2, -0.15) is 4.79 Å². The number of hydrogen-bond donors (Lipinski definition) is 3. The van der Waals surface area contributed by atoms with Crippen LogP contribution in [-0.2, 0) is 4.79 Å². The Bertz CT molecular complexity index is 257. The number of amides is 1. The number of carboxylic acid groups (broad SMARTS) is 1. The number of aliphatic hydroxyl groups is 1. The Balaban J connectivity index is 4.50. The molecule has 13 heavy (non-hydrogen) atoms. The minimum absolute atomic E-state index is 0.521. The minimum Gasteiger partial charge on any atom is -0.465 e. The summed E-state index contributed by atoms with van der Waals surface area (Å²) in [5.41, 5.74) is 7.99. The van der Waals surface area contributed by atoms with Crippen LogP contribution in [0.4, 0.5) is 4.79 Å². The zero-order valence-corrected chi connectivity index (χ0v) is 6.84. The second-order valence-corrected chi connectivity index (χ2v) is 2.31. The number of Topliss-reactive ketones (excluding diaryl/α,β-unsaturated/α-hetero) is 1. The molecule has 0 heterocycles. The number of carbonyl (C=O) groups is 2. The lowest BCUT2D eigenvalue weighted by molar-refractivity contribution is -0.120. The van der Waals surface area contributed by atoms with Crippen molar-refractivity contribution in [3.63, 3.8) is 0 Å². The highest BCUT2D eigenvalue weighted by molar-refractivity contribution is 6.28. The van der Waals surface area contributed by atoms with Gasteiger partial charge in [-0.15, -0.1) is 0 Å². The van der Waals surface area contributed by atoms with E-state index in [1.165, 1.54) is 6.92 Å². The smallest absolute Gasteiger partial charge is 0.405 e. The summed E-state index contributed by atoms with van der Waals surface area (Å²) in [6.07, 6.45) is -2.11. The molecule has 0 aromatic carbocycles. The second-order valence-electron chi connectivity index (χ2n) is 2.31. The van der Waals surface area contributed by atoms with Crippen molar-refractivity contribution in [1.82, 2.24) is 5.32 Å². The van der Waals surface area contributed by atoms with Crippen LogP contribution in [0.2, 0.25) is 0 Å². The lowest BCUT2D eigenvalue weighted by Gasteiger charge is -2.14. The Morgan fingerprint density at radius 1 is 1.62 bits per heavy atom. The van der Waals surface area contributed by atoms with Gasteiger partial charge in [-0.05, 0) is 6.92 Å². The van der Waals surface area contributed by atoms with Crippen molar-refractivity contribution < 1.29 is 24.6 Å². The molecular weight excluding hydrogens is 178 g/mol. The van der Waals surface area contributed by atoms with Gasteiger partial charge in [0.2, 0.25) is 0 Å². The Kier molecular flexibility index (Phi) is 4.36. The molecule has 0 aliphatic heterocycles. The van der Waals surface area contributed by atoms with E-state index in [4.69, 9.17) is 15.7 Å². The van der Waals surface area contributed by atoms with E-state index >= 15 is 0 Å². The molecule has 0 aromatic heterocycles. The normalized spacial score (nSPS) is 13.7. The van der Waals surface area contributed by atoms with E-state index in [1.54, 1.807) is 5.32 Å². The van der Waals surface area contributed by atoms with Crippen molar-refractivity contribution >= 4 is 18.1 Å². The lowest BCUT2D eigenvalue weighted by Crippen LogP contribution is -2.47. The third kappa shape index (κ3) is 4.00. The Morgan fingerprint density at radius 3 is 2.46 bits per heavy atom. The maximum atomic E-state index is 10.9. The van der Waals surface area contributed by atoms with Crippen LogP contribution in [0.5, 0.6) is 0 Å². The van der Waals surface area contributed by atoms with Gasteiger partial charge in [0.1, 0.15) is 6.04 Å². The van der Waals surface area contributed by atoms with Crippen molar-refractivity contribution in [3.05, 3.63) is 5.53 Å². The van der Waals surface area contributed by atoms with E-state index in [2.05, 4.69) is 4.79 Å². The van der Waals surface area contributed by atoms with E-state index in [9.17, 15) is 9.59 Å². The van der Waals surface area contributed by atoms with Crippen LogP contribution in [0.1, 0.15) is 6.92 Å². The van der Waals surface area contributed by atoms with Crippen LogP contribution < -0.4 is 5.32 Å². The van der Waals surface area contributed by atoms with Crippen molar-refractivity contribution in [1.29, 1.82) is 0 Å². The van der Waals surface area contributed by atoms with Crippen molar-refractivity contribution in [3.8, 4) is 0 Å². The van der Waals surface area contributed by atoms with Gasteiger partial charge in [-0.3, -0.25) is 4.79 Å². The number of rotatable bonds is 4. The van der Waals surface area contributed by atoms with E-state index in [1.807, 2.05) is 0 Å². The summed E-state index contributed by atoms with van der Waals surface area (Å²) < 4.78 is 0. The molecule has 0 rings (SSSR count). The molecular formula is C6H9N3O4. The maximum Gasteiger partial charge on any atom is 0.405 e. The molecule has 0 unspecified atom stereocenters.